The molecule has 1 fully saturated rings. The molecule has 3 rings (SSSR count). The van der Waals surface area contributed by atoms with Crippen LogP contribution in [0.4, 0.5) is 0 Å². The summed E-state index contributed by atoms with van der Waals surface area (Å²) in [7, 11) is 0. The van der Waals surface area contributed by atoms with Crippen molar-refractivity contribution in [2.75, 3.05) is 13.1 Å². The van der Waals surface area contributed by atoms with E-state index in [9.17, 15) is 9.59 Å². The molecule has 2 aromatic rings. The average molecular weight is 288 g/mol. The van der Waals surface area contributed by atoms with Crippen LogP contribution in [0.2, 0.25) is 0 Å². The first-order chi connectivity index (χ1) is 10.1. The summed E-state index contributed by atoms with van der Waals surface area (Å²) in [5.41, 5.74) is 7.36. The maximum atomic E-state index is 12.2. The summed E-state index contributed by atoms with van der Waals surface area (Å²) < 4.78 is 1.82. The smallest absolute Gasteiger partial charge is 0.326 e. The molecule has 1 aromatic heterocycles. The lowest BCUT2D eigenvalue weighted by Crippen LogP contribution is -2.46. The minimum atomic E-state index is -0.461. The Labute approximate surface area is 122 Å². The molecule has 0 spiro atoms. The van der Waals surface area contributed by atoms with Gasteiger partial charge in [0.25, 0.3) is 0 Å². The van der Waals surface area contributed by atoms with Gasteiger partial charge in [0.2, 0.25) is 5.91 Å². The van der Waals surface area contributed by atoms with Crippen molar-refractivity contribution in [1.29, 1.82) is 0 Å². The highest BCUT2D eigenvalue weighted by Crippen LogP contribution is 2.24. The Morgan fingerprint density at radius 1 is 1.33 bits per heavy atom. The van der Waals surface area contributed by atoms with Crippen LogP contribution in [-0.2, 0) is 4.79 Å². The summed E-state index contributed by atoms with van der Waals surface area (Å²) in [5, 5.41) is 0. The normalized spacial score (nSPS) is 18.1. The number of amides is 1. The third-order valence-electron chi connectivity index (χ3n) is 4.15. The second kappa shape index (κ2) is 5.37. The van der Waals surface area contributed by atoms with E-state index in [1.54, 1.807) is 11.8 Å². The molecule has 1 atom stereocenters. The standard InChI is InChI=1S/C15H20N4O2/c1-10(16)14(20)18-8-6-11(7-9-18)19-13-5-3-2-4-12(13)17-15(19)21/h2-5,10-11H,6-9,16H2,1H3,(H,17,21). The molecule has 2 heterocycles. The molecule has 1 saturated heterocycles. The number of benzene rings is 1. The molecule has 0 saturated carbocycles. The van der Waals surface area contributed by atoms with Crippen LogP contribution in [0.25, 0.3) is 11.0 Å². The number of carbonyl (C=O) groups excluding carboxylic acids is 1. The highest BCUT2D eigenvalue weighted by Gasteiger charge is 2.27. The number of carbonyl (C=O) groups is 1. The van der Waals surface area contributed by atoms with E-state index >= 15 is 0 Å². The fourth-order valence-electron chi connectivity index (χ4n) is 3.07. The summed E-state index contributed by atoms with van der Waals surface area (Å²) in [6.45, 7) is 3.01. The van der Waals surface area contributed by atoms with E-state index in [0.717, 1.165) is 23.9 Å². The maximum Gasteiger partial charge on any atom is 0.326 e. The van der Waals surface area contributed by atoms with E-state index < -0.39 is 6.04 Å². The van der Waals surface area contributed by atoms with Crippen molar-refractivity contribution in [3.63, 3.8) is 0 Å². The number of para-hydroxylation sites is 2. The van der Waals surface area contributed by atoms with Crippen LogP contribution < -0.4 is 11.4 Å². The molecular formula is C15H20N4O2. The van der Waals surface area contributed by atoms with Gasteiger partial charge < -0.3 is 15.6 Å². The van der Waals surface area contributed by atoms with Gasteiger partial charge in [0, 0.05) is 19.1 Å². The second-order valence-electron chi connectivity index (χ2n) is 5.66. The minimum absolute atomic E-state index is 0.0141. The van der Waals surface area contributed by atoms with Crippen molar-refractivity contribution in [3.8, 4) is 0 Å². The summed E-state index contributed by atoms with van der Waals surface area (Å²) in [6.07, 6.45) is 1.56. The number of hydrogen-bond donors (Lipinski definition) is 2. The molecule has 112 valence electrons. The van der Waals surface area contributed by atoms with E-state index in [1.807, 2.05) is 28.8 Å². The Kier molecular flexibility index (Phi) is 3.55. The lowest BCUT2D eigenvalue weighted by molar-refractivity contribution is -0.133. The molecular weight excluding hydrogens is 268 g/mol. The van der Waals surface area contributed by atoms with E-state index in [1.165, 1.54) is 0 Å². The number of fused-ring (bicyclic) bond motifs is 1. The van der Waals surface area contributed by atoms with Gasteiger partial charge in [0.05, 0.1) is 17.1 Å². The third kappa shape index (κ3) is 2.47. The molecule has 1 amide bonds. The predicted molar refractivity (Wildman–Crippen MR) is 81.1 cm³/mol. The van der Waals surface area contributed by atoms with E-state index in [4.69, 9.17) is 5.73 Å². The highest BCUT2D eigenvalue weighted by molar-refractivity contribution is 5.81. The van der Waals surface area contributed by atoms with E-state index in [-0.39, 0.29) is 17.6 Å². The minimum Gasteiger partial charge on any atom is -0.341 e. The Morgan fingerprint density at radius 3 is 2.67 bits per heavy atom. The van der Waals surface area contributed by atoms with Gasteiger partial charge in [-0.05, 0) is 31.9 Å². The number of hydrogen-bond acceptors (Lipinski definition) is 3. The molecule has 1 aliphatic rings. The van der Waals surface area contributed by atoms with Gasteiger partial charge in [-0.3, -0.25) is 9.36 Å². The number of H-pyrrole nitrogens is 1. The topological polar surface area (TPSA) is 84.1 Å². The van der Waals surface area contributed by atoms with Crippen molar-refractivity contribution < 1.29 is 4.79 Å². The number of rotatable bonds is 2. The summed E-state index contributed by atoms with van der Waals surface area (Å²) >= 11 is 0. The molecule has 6 nitrogen and oxygen atoms in total. The fraction of sp³-hybridized carbons (Fsp3) is 0.467. The summed E-state index contributed by atoms with van der Waals surface area (Å²) in [6, 6.07) is 7.37. The van der Waals surface area contributed by atoms with Gasteiger partial charge in [-0.1, -0.05) is 12.1 Å². The number of piperidine rings is 1. The highest BCUT2D eigenvalue weighted by atomic mass is 16.2. The molecule has 1 aliphatic heterocycles. The number of imidazole rings is 1. The Hall–Kier alpha value is -2.08. The predicted octanol–water partition coefficient (Wildman–Crippen LogP) is 0.840. The lowest BCUT2D eigenvalue weighted by atomic mass is 10.0. The lowest BCUT2D eigenvalue weighted by Gasteiger charge is -2.33. The Balaban J connectivity index is 1.82. The molecule has 6 heteroatoms. The molecule has 21 heavy (non-hydrogen) atoms. The Morgan fingerprint density at radius 2 is 2.00 bits per heavy atom. The summed E-state index contributed by atoms with van der Waals surface area (Å²) in [4.78, 5) is 28.7. The zero-order chi connectivity index (χ0) is 15.0. The van der Waals surface area contributed by atoms with Crippen molar-refractivity contribution >= 4 is 16.9 Å². The number of likely N-dealkylation sites (tertiary alicyclic amines) is 1. The molecule has 0 radical (unpaired) electrons. The molecule has 1 aromatic carbocycles. The van der Waals surface area contributed by atoms with Crippen LogP contribution in [0.5, 0.6) is 0 Å². The zero-order valence-electron chi connectivity index (χ0n) is 12.1. The maximum absolute atomic E-state index is 12.2. The van der Waals surface area contributed by atoms with Crippen LogP contribution >= 0.6 is 0 Å². The number of aromatic nitrogens is 2. The number of nitrogens with zero attached hydrogens (tertiary/aromatic N) is 2. The van der Waals surface area contributed by atoms with Gasteiger partial charge in [-0.15, -0.1) is 0 Å². The summed E-state index contributed by atoms with van der Waals surface area (Å²) in [5.74, 6) is -0.0141. The SMILES string of the molecule is CC(N)C(=O)N1CCC(n2c(=O)[nH]c3ccccc32)CC1. The van der Waals surface area contributed by atoms with Crippen molar-refractivity contribution in [2.45, 2.75) is 31.8 Å². The van der Waals surface area contributed by atoms with E-state index in [2.05, 4.69) is 4.98 Å². The molecule has 1 unspecified atom stereocenters. The van der Waals surface area contributed by atoms with E-state index in [0.29, 0.717) is 13.1 Å². The van der Waals surface area contributed by atoms with Crippen molar-refractivity contribution in [2.24, 2.45) is 5.73 Å². The second-order valence-corrected chi connectivity index (χ2v) is 5.66. The third-order valence-corrected chi connectivity index (χ3v) is 4.15. The Bertz CT molecular complexity index is 708. The fourth-order valence-corrected chi connectivity index (χ4v) is 3.07. The van der Waals surface area contributed by atoms with Gasteiger partial charge in [-0.25, -0.2) is 4.79 Å². The van der Waals surface area contributed by atoms with Gasteiger partial charge in [-0.2, -0.15) is 0 Å². The van der Waals surface area contributed by atoms with Crippen LogP contribution in [0.1, 0.15) is 25.8 Å². The molecule has 3 N–H and O–H groups in total. The van der Waals surface area contributed by atoms with Crippen LogP contribution in [0, 0.1) is 0 Å². The van der Waals surface area contributed by atoms with Gasteiger partial charge >= 0.3 is 5.69 Å². The number of aromatic amines is 1. The van der Waals surface area contributed by atoms with Gasteiger partial charge in [0.1, 0.15) is 0 Å². The number of nitrogens with two attached hydrogens (primary N) is 1. The largest absolute Gasteiger partial charge is 0.341 e. The average Bonchev–Trinajstić information content (AvgIpc) is 2.82. The van der Waals surface area contributed by atoms with Crippen molar-refractivity contribution in [1.82, 2.24) is 14.5 Å². The van der Waals surface area contributed by atoms with Crippen LogP contribution in [-0.4, -0.2) is 39.5 Å². The van der Waals surface area contributed by atoms with Crippen LogP contribution in [0.15, 0.2) is 29.1 Å². The van der Waals surface area contributed by atoms with Gasteiger partial charge in [0.15, 0.2) is 0 Å². The van der Waals surface area contributed by atoms with Crippen molar-refractivity contribution in [3.05, 3.63) is 34.7 Å². The molecule has 0 aliphatic carbocycles. The molecule has 0 bridgehead atoms. The first kappa shape index (κ1) is 13.9. The number of nitrogens with one attached hydrogen (secondary N) is 1. The first-order valence-electron chi connectivity index (χ1n) is 7.31. The first-order valence-corrected chi connectivity index (χ1v) is 7.31. The van der Waals surface area contributed by atoms with Crippen LogP contribution in [0.3, 0.4) is 0 Å². The quantitative estimate of drug-likeness (QED) is 0.859. The zero-order valence-corrected chi connectivity index (χ0v) is 12.1. The monoisotopic (exact) mass is 288 g/mol.